The van der Waals surface area contributed by atoms with Gasteiger partial charge in [-0.3, -0.25) is 0 Å². The molecule has 0 aliphatic heterocycles. The van der Waals surface area contributed by atoms with Crippen molar-refractivity contribution in [3.8, 4) is 0 Å². The fraction of sp³-hybridized carbons (Fsp3) is 0.333. The maximum absolute atomic E-state index is 3.95. The second-order valence-corrected chi connectivity index (χ2v) is 4.15. The molecular weight excluding hydrogens is 196 g/mol. The van der Waals surface area contributed by atoms with Crippen molar-refractivity contribution >= 4 is 17.3 Å². The summed E-state index contributed by atoms with van der Waals surface area (Å²) in [6.07, 6.45) is 1.68. The predicted molar refractivity (Wildman–Crippen MR) is 57.4 cm³/mol. The fourth-order valence-corrected chi connectivity index (χ4v) is 2.03. The van der Waals surface area contributed by atoms with Crippen LogP contribution in [0.4, 0.5) is 5.95 Å². The molecule has 0 aliphatic rings. The minimum Gasteiger partial charge on any atom is -0.349 e. The highest BCUT2D eigenvalue weighted by molar-refractivity contribution is 7.10. The molecule has 2 aromatic rings. The number of anilines is 1. The molecule has 0 saturated heterocycles. The van der Waals surface area contributed by atoms with Gasteiger partial charge in [0.25, 0.3) is 0 Å². The van der Waals surface area contributed by atoms with Gasteiger partial charge in [-0.1, -0.05) is 0 Å². The lowest BCUT2D eigenvalue weighted by atomic mass is 10.3. The first-order valence-corrected chi connectivity index (χ1v) is 5.26. The van der Waals surface area contributed by atoms with Crippen molar-refractivity contribution in [2.24, 2.45) is 7.05 Å². The smallest absolute Gasteiger partial charge is 0.224 e. The molecule has 0 aliphatic carbocycles. The topological polar surface area (TPSA) is 42.7 Å². The van der Waals surface area contributed by atoms with Crippen LogP contribution in [-0.4, -0.2) is 14.8 Å². The lowest BCUT2D eigenvalue weighted by Gasteiger charge is -2.03. The van der Waals surface area contributed by atoms with Crippen molar-refractivity contribution in [1.82, 2.24) is 14.8 Å². The van der Waals surface area contributed by atoms with Gasteiger partial charge in [0, 0.05) is 11.9 Å². The van der Waals surface area contributed by atoms with Gasteiger partial charge < -0.3 is 9.88 Å². The Morgan fingerprint density at radius 2 is 2.43 bits per heavy atom. The molecule has 0 unspecified atom stereocenters. The molecule has 0 amide bonds. The van der Waals surface area contributed by atoms with E-state index >= 15 is 0 Å². The Bertz CT molecular complexity index is 378. The van der Waals surface area contributed by atoms with Crippen molar-refractivity contribution in [2.45, 2.75) is 13.5 Å². The van der Waals surface area contributed by atoms with Gasteiger partial charge in [-0.15, -0.1) is 21.5 Å². The van der Waals surface area contributed by atoms with Gasteiger partial charge in [0.1, 0.15) is 6.33 Å². The van der Waals surface area contributed by atoms with E-state index in [0.29, 0.717) is 0 Å². The second kappa shape index (κ2) is 3.79. The second-order valence-electron chi connectivity index (χ2n) is 3.15. The van der Waals surface area contributed by atoms with Crippen molar-refractivity contribution in [3.63, 3.8) is 0 Å². The van der Waals surface area contributed by atoms with Gasteiger partial charge in [0.15, 0.2) is 0 Å². The molecule has 0 aromatic carbocycles. The molecule has 4 nitrogen and oxygen atoms in total. The van der Waals surface area contributed by atoms with Gasteiger partial charge >= 0.3 is 0 Å². The lowest BCUT2D eigenvalue weighted by molar-refractivity contribution is 0.900. The summed E-state index contributed by atoms with van der Waals surface area (Å²) < 4.78 is 1.86. The number of thiophene rings is 1. The summed E-state index contributed by atoms with van der Waals surface area (Å²) in [4.78, 5) is 1.34. The zero-order valence-corrected chi connectivity index (χ0v) is 9.01. The van der Waals surface area contributed by atoms with Crippen LogP contribution in [0.25, 0.3) is 0 Å². The third kappa shape index (κ3) is 1.77. The normalized spacial score (nSPS) is 10.4. The zero-order valence-electron chi connectivity index (χ0n) is 8.19. The summed E-state index contributed by atoms with van der Waals surface area (Å²) in [5, 5.41) is 13.1. The maximum Gasteiger partial charge on any atom is 0.224 e. The molecule has 0 fully saturated rings. The first-order chi connectivity index (χ1) is 6.77. The van der Waals surface area contributed by atoms with Crippen molar-refractivity contribution in [1.29, 1.82) is 0 Å². The van der Waals surface area contributed by atoms with Crippen LogP contribution in [0.1, 0.15) is 10.4 Å². The van der Waals surface area contributed by atoms with Gasteiger partial charge in [-0.05, 0) is 23.9 Å². The van der Waals surface area contributed by atoms with E-state index in [9.17, 15) is 0 Å². The number of aromatic nitrogens is 3. The van der Waals surface area contributed by atoms with E-state index in [-0.39, 0.29) is 0 Å². The highest BCUT2D eigenvalue weighted by Crippen LogP contribution is 2.16. The van der Waals surface area contributed by atoms with Crippen LogP contribution in [0.15, 0.2) is 17.8 Å². The molecule has 0 radical (unpaired) electrons. The molecule has 2 rings (SSSR count). The Labute approximate surface area is 86.6 Å². The molecule has 74 valence electrons. The summed E-state index contributed by atoms with van der Waals surface area (Å²) in [5.74, 6) is 0.804. The third-order valence-corrected chi connectivity index (χ3v) is 3.11. The van der Waals surface area contributed by atoms with Crippen LogP contribution in [0.2, 0.25) is 0 Å². The largest absolute Gasteiger partial charge is 0.349 e. The fourth-order valence-electron chi connectivity index (χ4n) is 1.19. The number of nitrogens with one attached hydrogen (secondary N) is 1. The molecule has 0 spiro atoms. The van der Waals surface area contributed by atoms with Crippen LogP contribution in [0.3, 0.4) is 0 Å². The Hall–Kier alpha value is -1.36. The standard InChI is InChI=1S/C9H12N4S/c1-7-3-4-14-8(7)5-10-9-12-11-6-13(9)2/h3-4,6H,5H2,1-2H3,(H,10,12). The summed E-state index contributed by atoms with van der Waals surface area (Å²) in [5.41, 5.74) is 1.32. The van der Waals surface area contributed by atoms with Crippen LogP contribution in [0, 0.1) is 6.92 Å². The first kappa shape index (κ1) is 9.21. The van der Waals surface area contributed by atoms with Crippen molar-refractivity contribution in [2.75, 3.05) is 5.32 Å². The van der Waals surface area contributed by atoms with E-state index in [1.807, 2.05) is 11.6 Å². The first-order valence-electron chi connectivity index (χ1n) is 4.38. The number of aryl methyl sites for hydroxylation is 2. The average molecular weight is 208 g/mol. The summed E-state index contributed by atoms with van der Waals surface area (Å²) >= 11 is 1.76. The van der Waals surface area contributed by atoms with Crippen LogP contribution in [0.5, 0.6) is 0 Å². The molecule has 2 heterocycles. The van der Waals surface area contributed by atoms with Crippen molar-refractivity contribution in [3.05, 3.63) is 28.2 Å². The van der Waals surface area contributed by atoms with E-state index < -0.39 is 0 Å². The van der Waals surface area contributed by atoms with Crippen LogP contribution < -0.4 is 5.32 Å². The van der Waals surface area contributed by atoms with Gasteiger partial charge in [0.2, 0.25) is 5.95 Å². The quantitative estimate of drug-likeness (QED) is 0.836. The molecule has 0 saturated carbocycles. The minimum absolute atomic E-state index is 0.804. The van der Waals surface area contributed by atoms with Gasteiger partial charge in [-0.25, -0.2) is 0 Å². The van der Waals surface area contributed by atoms with E-state index in [0.717, 1.165) is 12.5 Å². The van der Waals surface area contributed by atoms with E-state index in [4.69, 9.17) is 0 Å². The highest BCUT2D eigenvalue weighted by atomic mass is 32.1. The Morgan fingerprint density at radius 3 is 3.00 bits per heavy atom. The summed E-state index contributed by atoms with van der Waals surface area (Å²) in [7, 11) is 1.92. The molecule has 0 bridgehead atoms. The Kier molecular flexibility index (Phi) is 2.49. The van der Waals surface area contributed by atoms with Gasteiger partial charge in [-0.2, -0.15) is 0 Å². The van der Waals surface area contributed by atoms with Crippen LogP contribution >= 0.6 is 11.3 Å². The van der Waals surface area contributed by atoms with E-state index in [2.05, 4.69) is 33.9 Å². The number of nitrogens with zero attached hydrogens (tertiary/aromatic N) is 3. The molecule has 0 atom stereocenters. The zero-order chi connectivity index (χ0) is 9.97. The minimum atomic E-state index is 0.804. The maximum atomic E-state index is 3.95. The number of rotatable bonds is 3. The number of hydrogen-bond acceptors (Lipinski definition) is 4. The van der Waals surface area contributed by atoms with E-state index in [1.165, 1.54) is 10.4 Å². The predicted octanol–water partition coefficient (Wildman–Crippen LogP) is 1.80. The summed E-state index contributed by atoms with van der Waals surface area (Å²) in [6, 6.07) is 2.12. The Balaban J connectivity index is 2.02. The monoisotopic (exact) mass is 208 g/mol. The van der Waals surface area contributed by atoms with Crippen molar-refractivity contribution < 1.29 is 0 Å². The molecule has 14 heavy (non-hydrogen) atoms. The lowest BCUT2D eigenvalue weighted by Crippen LogP contribution is -2.04. The highest BCUT2D eigenvalue weighted by Gasteiger charge is 2.02. The third-order valence-electron chi connectivity index (χ3n) is 2.09. The van der Waals surface area contributed by atoms with Gasteiger partial charge in [0.05, 0.1) is 6.54 Å². The number of hydrogen-bond donors (Lipinski definition) is 1. The SMILES string of the molecule is Cc1ccsc1CNc1nncn1C. The molecule has 1 N–H and O–H groups in total. The summed E-state index contributed by atoms with van der Waals surface area (Å²) in [6.45, 7) is 2.93. The Morgan fingerprint density at radius 1 is 1.57 bits per heavy atom. The molecule has 2 aromatic heterocycles. The molecular formula is C9H12N4S. The average Bonchev–Trinajstić information content (AvgIpc) is 2.72. The van der Waals surface area contributed by atoms with Crippen LogP contribution in [-0.2, 0) is 13.6 Å². The van der Waals surface area contributed by atoms with E-state index in [1.54, 1.807) is 17.7 Å². The molecule has 5 heteroatoms.